The number of hydrogen-bond donors (Lipinski definition) is 3. The minimum absolute atomic E-state index is 0.151. The van der Waals surface area contributed by atoms with E-state index in [1.54, 1.807) is 12.4 Å². The third-order valence-electron chi connectivity index (χ3n) is 8.61. The molecule has 8 nitrogen and oxygen atoms in total. The van der Waals surface area contributed by atoms with Gasteiger partial charge in [-0.25, -0.2) is 15.0 Å². The Bertz CT molecular complexity index is 1460. The van der Waals surface area contributed by atoms with Crippen molar-refractivity contribution in [1.82, 2.24) is 24.3 Å². The van der Waals surface area contributed by atoms with Gasteiger partial charge >= 0.3 is 0 Å². The van der Waals surface area contributed by atoms with Gasteiger partial charge in [-0.2, -0.15) is 0 Å². The van der Waals surface area contributed by atoms with Gasteiger partial charge in [-0.1, -0.05) is 13.8 Å². The highest BCUT2D eigenvalue weighted by molar-refractivity contribution is 5.67. The van der Waals surface area contributed by atoms with Gasteiger partial charge in [-0.05, 0) is 86.1 Å². The zero-order chi connectivity index (χ0) is 25.5. The molecule has 0 aliphatic heterocycles. The number of anilines is 3. The van der Waals surface area contributed by atoms with Gasteiger partial charge in [0.2, 0.25) is 5.95 Å². The summed E-state index contributed by atoms with van der Waals surface area (Å²) in [7, 11) is 0. The third-order valence-corrected chi connectivity index (χ3v) is 8.61. The molecule has 0 aromatic carbocycles. The van der Waals surface area contributed by atoms with E-state index in [-0.39, 0.29) is 16.4 Å². The summed E-state index contributed by atoms with van der Waals surface area (Å²) in [6.07, 6.45) is 15.2. The number of fused-ring (bicyclic) bond motifs is 1. The van der Waals surface area contributed by atoms with Crippen molar-refractivity contribution in [3.63, 3.8) is 0 Å². The Morgan fingerprint density at radius 1 is 0.892 bits per heavy atom. The van der Waals surface area contributed by atoms with E-state index in [2.05, 4.69) is 38.8 Å². The minimum Gasteiger partial charge on any atom is -0.390 e. The second-order valence-electron chi connectivity index (χ2n) is 12.7. The van der Waals surface area contributed by atoms with Gasteiger partial charge in [0.25, 0.3) is 0 Å². The predicted molar refractivity (Wildman–Crippen MR) is 144 cm³/mol. The molecule has 4 aromatic heterocycles. The summed E-state index contributed by atoms with van der Waals surface area (Å²) < 4.78 is 2.06. The van der Waals surface area contributed by atoms with Gasteiger partial charge in [-0.3, -0.25) is 9.38 Å². The van der Waals surface area contributed by atoms with Crippen LogP contribution in [0.4, 0.5) is 17.3 Å². The fraction of sp³-hybridized carbons (Fsp3) is 0.448. The van der Waals surface area contributed by atoms with E-state index in [1.807, 2.05) is 49.8 Å². The first kappa shape index (κ1) is 22.7. The topological polar surface area (TPSA) is 100 Å². The largest absolute Gasteiger partial charge is 0.390 e. The highest BCUT2D eigenvalue weighted by Gasteiger charge is 2.65. The first-order valence-corrected chi connectivity index (χ1v) is 13.1. The van der Waals surface area contributed by atoms with Crippen molar-refractivity contribution in [2.24, 2.45) is 10.8 Å². The molecule has 2 unspecified atom stereocenters. The van der Waals surface area contributed by atoms with E-state index in [0.717, 1.165) is 66.1 Å². The summed E-state index contributed by atoms with van der Waals surface area (Å²) in [5, 5.41) is 18.6. The average Bonchev–Trinajstić information content (AvgIpc) is 3.21. The van der Waals surface area contributed by atoms with Crippen LogP contribution in [0.3, 0.4) is 0 Å². The lowest BCUT2D eigenvalue weighted by Gasteiger charge is -2.68. The maximum Gasteiger partial charge on any atom is 0.223 e. The third kappa shape index (κ3) is 3.85. The summed E-state index contributed by atoms with van der Waals surface area (Å²) in [5.74, 6) is 0.623. The molecule has 190 valence electrons. The van der Waals surface area contributed by atoms with E-state index in [0.29, 0.717) is 5.95 Å². The lowest BCUT2D eigenvalue weighted by atomic mass is 9.41. The van der Waals surface area contributed by atoms with Crippen molar-refractivity contribution >= 4 is 23.0 Å². The molecule has 3 N–H and O–H groups in total. The number of aryl methyl sites for hydroxylation is 1. The molecule has 0 radical (unpaired) electrons. The molecule has 37 heavy (non-hydrogen) atoms. The molecule has 4 bridgehead atoms. The molecular weight excluding hydrogens is 462 g/mol. The Hall–Kier alpha value is -3.52. The molecule has 0 amide bonds. The van der Waals surface area contributed by atoms with Crippen molar-refractivity contribution in [1.29, 1.82) is 0 Å². The number of aromatic nitrogens is 5. The van der Waals surface area contributed by atoms with Crippen molar-refractivity contribution in [2.45, 2.75) is 70.4 Å². The quantitative estimate of drug-likeness (QED) is 0.335. The van der Waals surface area contributed by atoms with Crippen molar-refractivity contribution < 1.29 is 5.11 Å². The van der Waals surface area contributed by atoms with Crippen LogP contribution in [0, 0.1) is 17.8 Å². The zero-order valence-corrected chi connectivity index (χ0v) is 21.6. The predicted octanol–water partition coefficient (Wildman–Crippen LogP) is 5.51. The van der Waals surface area contributed by atoms with Crippen LogP contribution in [-0.2, 0) is 0 Å². The number of hydrogen-bond acceptors (Lipinski definition) is 7. The number of imidazole rings is 1. The Balaban J connectivity index is 1.23. The molecule has 4 heterocycles. The summed E-state index contributed by atoms with van der Waals surface area (Å²) in [6.45, 7) is 6.73. The van der Waals surface area contributed by atoms with Gasteiger partial charge in [0.15, 0.2) is 0 Å². The molecular formula is C29H33N7O. The number of rotatable bonds is 5. The smallest absolute Gasteiger partial charge is 0.223 e. The van der Waals surface area contributed by atoms with Gasteiger partial charge in [-0.15, -0.1) is 0 Å². The monoisotopic (exact) mass is 495 g/mol. The van der Waals surface area contributed by atoms with Crippen LogP contribution in [0.2, 0.25) is 0 Å². The van der Waals surface area contributed by atoms with E-state index in [4.69, 9.17) is 9.97 Å². The molecule has 4 aliphatic carbocycles. The molecule has 4 atom stereocenters. The van der Waals surface area contributed by atoms with E-state index in [9.17, 15) is 5.11 Å². The fourth-order valence-corrected chi connectivity index (χ4v) is 8.60. The number of nitrogens with zero attached hydrogens (tertiary/aromatic N) is 5. The van der Waals surface area contributed by atoms with Crippen LogP contribution in [-0.4, -0.2) is 40.6 Å². The molecule has 0 spiro atoms. The second-order valence-corrected chi connectivity index (χ2v) is 12.7. The van der Waals surface area contributed by atoms with Gasteiger partial charge in [0.1, 0.15) is 5.65 Å². The van der Waals surface area contributed by atoms with Crippen molar-refractivity contribution in [3.05, 3.63) is 60.8 Å². The second kappa shape index (κ2) is 7.51. The SMILES string of the molecule is Cc1cnc(NC23CC4(O)C[C@@](C)(C2)C[C@](C)(C4)C3)nc1-c1cnc2ccc(Nc3cccnc3)cn12. The Morgan fingerprint density at radius 3 is 2.43 bits per heavy atom. The van der Waals surface area contributed by atoms with Crippen molar-refractivity contribution in [3.8, 4) is 11.4 Å². The van der Waals surface area contributed by atoms with Crippen LogP contribution in [0.25, 0.3) is 17.0 Å². The standard InChI is InChI=1S/C29H33N7O/c1-19-9-32-25(35-28-14-26(2)13-27(3,15-28)17-29(37,16-26)18-28)34-24(19)22-11-31-23-7-6-21(12-36(22)23)33-20-5-4-8-30-10-20/h4-12,33,37H,13-18H2,1-3H3,(H,32,34,35)/t26-,27+,28?,29?. The minimum atomic E-state index is -0.599. The van der Waals surface area contributed by atoms with E-state index < -0.39 is 5.60 Å². The average molecular weight is 496 g/mol. The normalized spacial score (nSPS) is 32.1. The van der Waals surface area contributed by atoms with Crippen LogP contribution in [0.15, 0.2) is 55.2 Å². The molecule has 8 heteroatoms. The number of pyridine rings is 2. The Morgan fingerprint density at radius 2 is 1.70 bits per heavy atom. The summed E-state index contributed by atoms with van der Waals surface area (Å²) in [4.78, 5) is 18.5. The van der Waals surface area contributed by atoms with E-state index in [1.165, 1.54) is 6.42 Å². The van der Waals surface area contributed by atoms with Crippen LogP contribution in [0.1, 0.15) is 57.9 Å². The summed E-state index contributed by atoms with van der Waals surface area (Å²) in [6, 6.07) is 7.90. The maximum atomic E-state index is 11.5. The molecule has 4 fully saturated rings. The zero-order valence-electron chi connectivity index (χ0n) is 21.6. The lowest BCUT2D eigenvalue weighted by molar-refractivity contribution is -0.192. The van der Waals surface area contributed by atoms with Gasteiger partial charge in [0, 0.05) is 24.1 Å². The van der Waals surface area contributed by atoms with Gasteiger partial charge in [0.05, 0.1) is 40.8 Å². The molecule has 4 aliphatic rings. The van der Waals surface area contributed by atoms with Gasteiger partial charge < -0.3 is 15.7 Å². The highest BCUT2D eigenvalue weighted by Crippen LogP contribution is 2.68. The first-order chi connectivity index (χ1) is 17.6. The van der Waals surface area contributed by atoms with E-state index >= 15 is 0 Å². The molecule has 0 saturated heterocycles. The summed E-state index contributed by atoms with van der Waals surface area (Å²) in [5.41, 5.74) is 4.99. The Labute approximate surface area is 216 Å². The van der Waals surface area contributed by atoms with Crippen LogP contribution in [0.5, 0.6) is 0 Å². The fourth-order valence-electron chi connectivity index (χ4n) is 8.60. The van der Waals surface area contributed by atoms with Crippen LogP contribution >= 0.6 is 0 Å². The van der Waals surface area contributed by atoms with Crippen molar-refractivity contribution in [2.75, 3.05) is 10.6 Å². The molecule has 4 aromatic rings. The molecule has 4 saturated carbocycles. The highest BCUT2D eigenvalue weighted by atomic mass is 16.3. The first-order valence-electron chi connectivity index (χ1n) is 13.1. The van der Waals surface area contributed by atoms with Crippen LogP contribution < -0.4 is 10.6 Å². The summed E-state index contributed by atoms with van der Waals surface area (Å²) >= 11 is 0. The Kier molecular flexibility index (Phi) is 4.60. The molecule has 8 rings (SSSR count). The lowest BCUT2D eigenvalue weighted by Crippen LogP contribution is -2.67. The maximum absolute atomic E-state index is 11.5. The number of aliphatic hydroxyl groups is 1. The number of nitrogens with one attached hydrogen (secondary N) is 2.